The number of hydrogen-bond donors (Lipinski definition) is 0. The van der Waals surface area contributed by atoms with Crippen molar-refractivity contribution in [2.75, 3.05) is 34.0 Å². The summed E-state index contributed by atoms with van der Waals surface area (Å²) < 4.78 is 39.0. The van der Waals surface area contributed by atoms with E-state index in [1.54, 1.807) is 18.6 Å². The first-order valence-electron chi connectivity index (χ1n) is 11.9. The van der Waals surface area contributed by atoms with Crippen LogP contribution >= 0.6 is 0 Å². The highest BCUT2D eigenvalue weighted by atomic mass is 19.1. The Labute approximate surface area is 205 Å². The molecular weight excluding hydrogens is 455 g/mol. The number of nitrogens with zero attached hydrogens (tertiary/aromatic N) is 2. The second kappa shape index (κ2) is 10.8. The smallest absolute Gasteiger partial charge is 0.343 e. The molecule has 0 amide bonds. The topological polar surface area (TPSA) is 88.9 Å². The van der Waals surface area contributed by atoms with Gasteiger partial charge in [-0.2, -0.15) is 0 Å². The summed E-state index contributed by atoms with van der Waals surface area (Å²) in [7, 11) is 3.09. The normalized spacial score (nSPS) is 16.9. The van der Waals surface area contributed by atoms with Crippen LogP contribution in [0.25, 0.3) is 11.4 Å². The first-order chi connectivity index (χ1) is 16.6. The summed E-state index contributed by atoms with van der Waals surface area (Å²) in [5, 5.41) is 0. The summed E-state index contributed by atoms with van der Waals surface area (Å²) in [5.74, 6) is -1.33. The summed E-state index contributed by atoms with van der Waals surface area (Å²) in [6.07, 6.45) is 2.82. The van der Waals surface area contributed by atoms with Crippen LogP contribution in [0.1, 0.15) is 75.3 Å². The Morgan fingerprint density at radius 1 is 1.20 bits per heavy atom. The highest BCUT2D eigenvalue weighted by Crippen LogP contribution is 2.52. The second-order valence-corrected chi connectivity index (χ2v) is 9.62. The number of aromatic nitrogens is 2. The van der Waals surface area contributed by atoms with E-state index >= 15 is 4.39 Å². The highest BCUT2D eigenvalue weighted by Gasteiger charge is 2.43. The number of rotatable bonds is 9. The number of carbonyl (C=O) groups is 1. The maximum absolute atomic E-state index is 15.8. The van der Waals surface area contributed by atoms with Crippen molar-refractivity contribution in [3.63, 3.8) is 0 Å². The molecule has 0 saturated carbocycles. The van der Waals surface area contributed by atoms with Gasteiger partial charge in [0.25, 0.3) is 5.88 Å². The molecule has 0 saturated heterocycles. The largest absolute Gasteiger partial charge is 0.488 e. The van der Waals surface area contributed by atoms with Crippen molar-refractivity contribution >= 4 is 5.97 Å². The number of halogens is 1. The average molecular weight is 491 g/mol. The molecule has 0 radical (unpaired) electrons. The SMILES string of the molecule is CCOC(=O)c1cn2c(c(F)c1=O)-c1nc(OC)c(OCCCOC)cc1C(CC)C2C(C)(C)C. The Morgan fingerprint density at radius 3 is 2.49 bits per heavy atom. The molecule has 9 heteroatoms. The lowest BCUT2D eigenvalue weighted by atomic mass is 9.72. The van der Waals surface area contributed by atoms with E-state index in [2.05, 4.69) is 4.98 Å². The van der Waals surface area contributed by atoms with Gasteiger partial charge < -0.3 is 23.5 Å². The van der Waals surface area contributed by atoms with Crippen molar-refractivity contribution in [3.05, 3.63) is 39.4 Å². The minimum Gasteiger partial charge on any atom is -0.488 e. The Bertz CT molecular complexity index is 1140. The van der Waals surface area contributed by atoms with Gasteiger partial charge in [-0.05, 0) is 30.4 Å². The lowest BCUT2D eigenvalue weighted by Gasteiger charge is -2.44. The third kappa shape index (κ3) is 5.05. The fourth-order valence-corrected chi connectivity index (χ4v) is 4.83. The third-order valence-corrected chi connectivity index (χ3v) is 6.23. The van der Waals surface area contributed by atoms with Gasteiger partial charge in [-0.15, -0.1) is 0 Å². The van der Waals surface area contributed by atoms with Crippen LogP contribution in [0.5, 0.6) is 11.6 Å². The zero-order valence-corrected chi connectivity index (χ0v) is 21.6. The van der Waals surface area contributed by atoms with Crippen LogP contribution in [0.15, 0.2) is 17.1 Å². The summed E-state index contributed by atoms with van der Waals surface area (Å²) in [6, 6.07) is 1.57. The number of esters is 1. The number of hydrogen-bond acceptors (Lipinski definition) is 7. The molecular formula is C26H35FN2O6. The third-order valence-electron chi connectivity index (χ3n) is 6.23. The average Bonchev–Trinajstić information content (AvgIpc) is 2.81. The van der Waals surface area contributed by atoms with E-state index in [4.69, 9.17) is 18.9 Å². The number of carbonyl (C=O) groups excluding carboxylic acids is 1. The lowest BCUT2D eigenvalue weighted by molar-refractivity contribution is 0.0521. The number of pyridine rings is 2. The van der Waals surface area contributed by atoms with Gasteiger partial charge >= 0.3 is 5.97 Å². The molecule has 0 bridgehead atoms. The molecule has 2 atom stereocenters. The van der Waals surface area contributed by atoms with Gasteiger partial charge in [0, 0.05) is 38.3 Å². The van der Waals surface area contributed by atoms with Crippen molar-refractivity contribution in [1.82, 2.24) is 9.55 Å². The molecule has 0 aromatic carbocycles. The molecule has 3 rings (SSSR count). The Hall–Kier alpha value is -2.94. The number of methoxy groups -OCH3 is 2. The number of fused-ring (bicyclic) bond motifs is 3. The molecule has 2 aromatic rings. The molecule has 0 spiro atoms. The van der Waals surface area contributed by atoms with E-state index in [0.717, 1.165) is 5.56 Å². The first-order valence-corrected chi connectivity index (χ1v) is 11.9. The zero-order chi connectivity index (χ0) is 25.9. The van der Waals surface area contributed by atoms with Gasteiger partial charge in [0.15, 0.2) is 11.6 Å². The van der Waals surface area contributed by atoms with Crippen LogP contribution < -0.4 is 14.9 Å². The molecule has 0 aliphatic carbocycles. The maximum Gasteiger partial charge on any atom is 0.343 e. The molecule has 2 unspecified atom stereocenters. The Balaban J connectivity index is 2.30. The lowest BCUT2D eigenvalue weighted by Crippen LogP contribution is -2.37. The quantitative estimate of drug-likeness (QED) is 0.370. The van der Waals surface area contributed by atoms with E-state index in [0.29, 0.717) is 37.5 Å². The fraction of sp³-hybridized carbons (Fsp3) is 0.577. The zero-order valence-electron chi connectivity index (χ0n) is 21.6. The van der Waals surface area contributed by atoms with Crippen LogP contribution in [0.3, 0.4) is 0 Å². The van der Waals surface area contributed by atoms with Crippen LogP contribution in [0.4, 0.5) is 4.39 Å². The van der Waals surface area contributed by atoms with Gasteiger partial charge in [0.1, 0.15) is 11.3 Å². The Kier molecular flexibility index (Phi) is 8.20. The van der Waals surface area contributed by atoms with Gasteiger partial charge in [-0.3, -0.25) is 4.79 Å². The van der Waals surface area contributed by atoms with Crippen LogP contribution in [0, 0.1) is 11.2 Å². The maximum atomic E-state index is 15.8. The standard InChI is InChI=1S/C26H35FN2O6/c1-8-15-16-13-18(35-12-10-11-32-6)24(33-7)28-20(16)21-19(27)22(30)17(25(31)34-9-2)14-29(21)23(15)26(3,4)5/h13-15,23H,8-12H2,1-7H3. The van der Waals surface area contributed by atoms with Crippen LogP contribution in [-0.4, -0.2) is 49.6 Å². The van der Waals surface area contributed by atoms with Crippen molar-refractivity contribution in [2.45, 2.75) is 59.4 Å². The van der Waals surface area contributed by atoms with Gasteiger partial charge in [0.2, 0.25) is 5.43 Å². The molecule has 0 N–H and O–H groups in total. The van der Waals surface area contributed by atoms with E-state index in [9.17, 15) is 9.59 Å². The first kappa shape index (κ1) is 26.7. The summed E-state index contributed by atoms with van der Waals surface area (Å²) in [5.41, 5.74) is -0.567. The summed E-state index contributed by atoms with van der Waals surface area (Å²) >= 11 is 0. The van der Waals surface area contributed by atoms with E-state index < -0.39 is 17.2 Å². The van der Waals surface area contributed by atoms with Gasteiger partial charge in [-0.1, -0.05) is 27.7 Å². The molecule has 3 heterocycles. The minimum absolute atomic E-state index is 0.0342. The van der Waals surface area contributed by atoms with Crippen LogP contribution in [0.2, 0.25) is 0 Å². The van der Waals surface area contributed by atoms with Crippen molar-refractivity contribution in [3.8, 4) is 23.0 Å². The summed E-state index contributed by atoms with van der Waals surface area (Å²) in [6.45, 7) is 10.9. The van der Waals surface area contributed by atoms with Crippen molar-refractivity contribution in [2.24, 2.45) is 5.41 Å². The molecule has 0 fully saturated rings. The molecule has 1 aliphatic rings. The molecule has 8 nitrogen and oxygen atoms in total. The Morgan fingerprint density at radius 2 is 1.91 bits per heavy atom. The molecule has 1 aliphatic heterocycles. The predicted octanol–water partition coefficient (Wildman–Crippen LogP) is 4.74. The van der Waals surface area contributed by atoms with Gasteiger partial charge in [-0.25, -0.2) is 14.2 Å². The van der Waals surface area contributed by atoms with E-state index in [1.807, 2.05) is 33.8 Å². The van der Waals surface area contributed by atoms with E-state index in [1.165, 1.54) is 13.3 Å². The molecule has 192 valence electrons. The monoisotopic (exact) mass is 490 g/mol. The number of ether oxygens (including phenoxy) is 4. The van der Waals surface area contributed by atoms with Crippen molar-refractivity contribution in [1.29, 1.82) is 0 Å². The molecule has 35 heavy (non-hydrogen) atoms. The fourth-order valence-electron chi connectivity index (χ4n) is 4.83. The second-order valence-electron chi connectivity index (χ2n) is 9.62. The van der Waals surface area contributed by atoms with Crippen LogP contribution in [-0.2, 0) is 9.47 Å². The van der Waals surface area contributed by atoms with Gasteiger partial charge in [0.05, 0.1) is 26.0 Å². The predicted molar refractivity (Wildman–Crippen MR) is 130 cm³/mol. The highest BCUT2D eigenvalue weighted by molar-refractivity contribution is 5.89. The van der Waals surface area contributed by atoms with Crippen molar-refractivity contribution < 1.29 is 28.1 Å². The minimum atomic E-state index is -1.04. The molecule has 2 aromatic heterocycles. The summed E-state index contributed by atoms with van der Waals surface area (Å²) in [4.78, 5) is 30.0. The van der Waals surface area contributed by atoms with E-state index in [-0.39, 0.29) is 41.1 Å².